The average molecular weight is 165 g/mol. The fourth-order valence-corrected chi connectivity index (χ4v) is 0.974. The van der Waals surface area contributed by atoms with Crippen molar-refractivity contribution in [3.8, 4) is 0 Å². The second-order valence-electron chi connectivity index (χ2n) is 2.54. The number of hydrogen-bond acceptors (Lipinski definition) is 3. The van der Waals surface area contributed by atoms with Crippen LogP contribution in [0.3, 0.4) is 0 Å². The molecule has 0 aliphatic rings. The molecule has 0 saturated carbocycles. The van der Waals surface area contributed by atoms with Gasteiger partial charge in [0.25, 0.3) is 0 Å². The highest BCUT2D eigenvalue weighted by Crippen LogP contribution is 1.99. The van der Waals surface area contributed by atoms with Crippen molar-refractivity contribution < 1.29 is 10.0 Å². The zero-order valence-electron chi connectivity index (χ0n) is 6.66. The standard InChI is InChI=1S/C9H11NO2/c11-9(7-10-12)6-8-4-2-1-3-5-8/h1-5,10,12H,6-7H2. The molecule has 1 aromatic carbocycles. The van der Waals surface area contributed by atoms with Crippen molar-refractivity contribution in [2.45, 2.75) is 6.42 Å². The Kier molecular flexibility index (Phi) is 3.44. The Morgan fingerprint density at radius 1 is 1.33 bits per heavy atom. The minimum Gasteiger partial charge on any atom is -0.316 e. The van der Waals surface area contributed by atoms with Gasteiger partial charge in [-0.1, -0.05) is 30.3 Å². The summed E-state index contributed by atoms with van der Waals surface area (Å²) in [6, 6.07) is 9.44. The number of ketones is 1. The second-order valence-corrected chi connectivity index (χ2v) is 2.54. The number of carbonyl (C=O) groups excluding carboxylic acids is 1. The minimum atomic E-state index is -0.0244. The lowest BCUT2D eigenvalue weighted by atomic mass is 10.1. The number of benzene rings is 1. The van der Waals surface area contributed by atoms with E-state index in [-0.39, 0.29) is 12.3 Å². The van der Waals surface area contributed by atoms with Crippen molar-refractivity contribution in [2.75, 3.05) is 6.54 Å². The Morgan fingerprint density at radius 3 is 2.58 bits per heavy atom. The molecular formula is C9H11NO2. The van der Waals surface area contributed by atoms with Crippen LogP contribution in [0.2, 0.25) is 0 Å². The van der Waals surface area contributed by atoms with Crippen molar-refractivity contribution in [1.82, 2.24) is 5.48 Å². The van der Waals surface area contributed by atoms with Crippen LogP contribution in [0.4, 0.5) is 0 Å². The molecule has 0 aliphatic heterocycles. The van der Waals surface area contributed by atoms with Crippen molar-refractivity contribution in [2.24, 2.45) is 0 Å². The highest BCUT2D eigenvalue weighted by Gasteiger charge is 2.00. The molecule has 1 rings (SSSR count). The first-order valence-corrected chi connectivity index (χ1v) is 3.75. The predicted octanol–water partition coefficient (Wildman–Crippen LogP) is 0.777. The molecule has 0 spiro atoms. The van der Waals surface area contributed by atoms with E-state index >= 15 is 0 Å². The summed E-state index contributed by atoms with van der Waals surface area (Å²) in [5.41, 5.74) is 2.81. The van der Waals surface area contributed by atoms with E-state index in [1.54, 1.807) is 0 Å². The van der Waals surface area contributed by atoms with Gasteiger partial charge in [-0.05, 0) is 5.56 Å². The molecule has 0 atom stereocenters. The van der Waals surface area contributed by atoms with Gasteiger partial charge >= 0.3 is 0 Å². The highest BCUT2D eigenvalue weighted by molar-refractivity contribution is 5.82. The van der Waals surface area contributed by atoms with E-state index in [0.29, 0.717) is 6.42 Å². The van der Waals surface area contributed by atoms with Gasteiger partial charge < -0.3 is 5.21 Å². The normalized spacial score (nSPS) is 9.75. The number of carbonyl (C=O) groups is 1. The zero-order chi connectivity index (χ0) is 8.81. The van der Waals surface area contributed by atoms with Crippen LogP contribution in [0.25, 0.3) is 0 Å². The van der Waals surface area contributed by atoms with Crippen molar-refractivity contribution in [1.29, 1.82) is 0 Å². The SMILES string of the molecule is O=C(CNO)Cc1ccccc1. The van der Waals surface area contributed by atoms with E-state index in [2.05, 4.69) is 0 Å². The van der Waals surface area contributed by atoms with Gasteiger partial charge in [-0.3, -0.25) is 4.79 Å². The Morgan fingerprint density at radius 2 is 2.00 bits per heavy atom. The Hall–Kier alpha value is -1.19. The smallest absolute Gasteiger partial charge is 0.153 e. The van der Waals surface area contributed by atoms with Gasteiger partial charge in [0, 0.05) is 6.42 Å². The maximum Gasteiger partial charge on any atom is 0.153 e. The van der Waals surface area contributed by atoms with Gasteiger partial charge in [0.2, 0.25) is 0 Å². The van der Waals surface area contributed by atoms with Crippen LogP contribution in [-0.4, -0.2) is 17.5 Å². The quantitative estimate of drug-likeness (QED) is 0.648. The molecule has 0 radical (unpaired) electrons. The Labute approximate surface area is 71.0 Å². The van der Waals surface area contributed by atoms with Crippen LogP contribution in [0.15, 0.2) is 30.3 Å². The fourth-order valence-electron chi connectivity index (χ4n) is 0.974. The van der Waals surface area contributed by atoms with Crippen molar-refractivity contribution in [3.05, 3.63) is 35.9 Å². The lowest BCUT2D eigenvalue weighted by Crippen LogP contribution is -2.20. The lowest BCUT2D eigenvalue weighted by Gasteiger charge is -1.98. The molecule has 3 heteroatoms. The summed E-state index contributed by atoms with van der Waals surface area (Å²) in [4.78, 5) is 11.0. The first kappa shape index (κ1) is 8.90. The van der Waals surface area contributed by atoms with Gasteiger partial charge in [0.05, 0.1) is 6.54 Å². The van der Waals surface area contributed by atoms with Crippen LogP contribution in [0.5, 0.6) is 0 Å². The van der Waals surface area contributed by atoms with E-state index in [1.165, 1.54) is 0 Å². The summed E-state index contributed by atoms with van der Waals surface area (Å²) >= 11 is 0. The molecule has 0 bridgehead atoms. The number of hydrogen-bond donors (Lipinski definition) is 2. The van der Waals surface area contributed by atoms with E-state index in [4.69, 9.17) is 5.21 Å². The van der Waals surface area contributed by atoms with E-state index in [9.17, 15) is 4.79 Å². The molecule has 12 heavy (non-hydrogen) atoms. The van der Waals surface area contributed by atoms with Crippen LogP contribution in [0.1, 0.15) is 5.56 Å². The van der Waals surface area contributed by atoms with E-state index in [0.717, 1.165) is 5.56 Å². The van der Waals surface area contributed by atoms with Crippen LogP contribution >= 0.6 is 0 Å². The number of rotatable bonds is 4. The molecule has 0 amide bonds. The van der Waals surface area contributed by atoms with Gasteiger partial charge in [0.15, 0.2) is 5.78 Å². The third-order valence-corrected chi connectivity index (χ3v) is 1.52. The zero-order valence-corrected chi connectivity index (χ0v) is 6.66. The molecule has 64 valence electrons. The van der Waals surface area contributed by atoms with Crippen LogP contribution in [0, 0.1) is 0 Å². The van der Waals surface area contributed by atoms with Gasteiger partial charge in [-0.15, -0.1) is 0 Å². The first-order valence-electron chi connectivity index (χ1n) is 3.75. The summed E-state index contributed by atoms with van der Waals surface area (Å²) in [5, 5.41) is 8.24. The lowest BCUT2D eigenvalue weighted by molar-refractivity contribution is -0.119. The molecule has 3 nitrogen and oxygen atoms in total. The van der Waals surface area contributed by atoms with Crippen molar-refractivity contribution >= 4 is 5.78 Å². The first-order chi connectivity index (χ1) is 5.83. The molecule has 0 aliphatic carbocycles. The van der Waals surface area contributed by atoms with E-state index in [1.807, 2.05) is 35.8 Å². The highest BCUT2D eigenvalue weighted by atomic mass is 16.5. The summed E-state index contributed by atoms with van der Waals surface area (Å²) < 4.78 is 0. The van der Waals surface area contributed by atoms with Gasteiger partial charge in [-0.25, -0.2) is 0 Å². The van der Waals surface area contributed by atoms with Gasteiger partial charge in [-0.2, -0.15) is 5.48 Å². The number of Topliss-reactive ketones (excluding diaryl/α,β-unsaturated/α-hetero) is 1. The van der Waals surface area contributed by atoms with E-state index < -0.39 is 0 Å². The summed E-state index contributed by atoms with van der Waals surface area (Å²) in [6.07, 6.45) is 0.369. The minimum absolute atomic E-state index is 0.00882. The number of hydroxylamine groups is 1. The molecule has 2 N–H and O–H groups in total. The number of nitrogens with one attached hydrogen (secondary N) is 1. The summed E-state index contributed by atoms with van der Waals surface area (Å²) in [6.45, 7) is 0.00882. The molecular weight excluding hydrogens is 154 g/mol. The fraction of sp³-hybridized carbons (Fsp3) is 0.222. The molecule has 0 aromatic heterocycles. The largest absolute Gasteiger partial charge is 0.316 e. The third kappa shape index (κ3) is 2.82. The summed E-state index contributed by atoms with van der Waals surface area (Å²) in [5.74, 6) is -0.0244. The maximum absolute atomic E-state index is 11.0. The average Bonchev–Trinajstić information content (AvgIpc) is 2.06. The molecule has 1 aromatic rings. The third-order valence-electron chi connectivity index (χ3n) is 1.52. The second kappa shape index (κ2) is 4.64. The van der Waals surface area contributed by atoms with Crippen molar-refractivity contribution in [3.63, 3.8) is 0 Å². The Bertz CT molecular complexity index is 246. The van der Waals surface area contributed by atoms with Crippen LogP contribution in [-0.2, 0) is 11.2 Å². The predicted molar refractivity (Wildman–Crippen MR) is 44.9 cm³/mol. The monoisotopic (exact) mass is 165 g/mol. The molecule has 0 unspecified atom stereocenters. The molecule has 0 fully saturated rings. The topological polar surface area (TPSA) is 49.3 Å². The molecule has 0 heterocycles. The maximum atomic E-state index is 11.0. The summed E-state index contributed by atoms with van der Waals surface area (Å²) in [7, 11) is 0. The Balaban J connectivity index is 2.47. The van der Waals surface area contributed by atoms with Crippen LogP contribution < -0.4 is 5.48 Å². The molecule has 0 saturated heterocycles. The van der Waals surface area contributed by atoms with Gasteiger partial charge in [0.1, 0.15) is 0 Å².